The zero-order chi connectivity index (χ0) is 25.9. The van der Waals surface area contributed by atoms with Crippen molar-refractivity contribution in [3.8, 4) is 5.75 Å². The molecule has 2 fully saturated rings. The van der Waals surface area contributed by atoms with Gasteiger partial charge in [-0.15, -0.1) is 0 Å². The van der Waals surface area contributed by atoms with Crippen molar-refractivity contribution in [2.75, 3.05) is 13.1 Å². The molecule has 2 aliphatic carbocycles. The first-order valence-corrected chi connectivity index (χ1v) is 14.0. The van der Waals surface area contributed by atoms with Gasteiger partial charge in [0.25, 0.3) is 5.91 Å². The maximum Gasteiger partial charge on any atom is 0.274 e. The van der Waals surface area contributed by atoms with Gasteiger partial charge in [0.2, 0.25) is 5.91 Å². The molecule has 0 unspecified atom stereocenters. The van der Waals surface area contributed by atoms with Crippen LogP contribution in [-0.2, 0) is 24.2 Å². The minimum Gasteiger partial charge on any atom is -0.487 e. The van der Waals surface area contributed by atoms with Crippen LogP contribution >= 0.6 is 0 Å². The predicted molar refractivity (Wildman–Crippen MR) is 139 cm³/mol. The number of hydrogen-bond acceptors (Lipinski definition) is 6. The standard InChI is InChI=1S/C28H40N6O3/c1-18-26(17-29-19(2)30-18)37-23-9-7-21(8-10-23)11-16-34-25-6-4-5-24(25)27(32-34)28(36)33-14-12-22(13-15-33)31-20(3)35/h17,21-23H,4-16H2,1-3H3,(H,31,35). The number of fused-ring (bicyclic) bond motifs is 1. The summed E-state index contributed by atoms with van der Waals surface area (Å²) in [4.78, 5) is 35.3. The van der Waals surface area contributed by atoms with Crippen LogP contribution in [0, 0.1) is 19.8 Å². The van der Waals surface area contributed by atoms with Crippen molar-refractivity contribution in [2.45, 2.75) is 104 Å². The molecule has 0 spiro atoms. The summed E-state index contributed by atoms with van der Waals surface area (Å²) < 4.78 is 8.35. The molecule has 2 aromatic heterocycles. The zero-order valence-electron chi connectivity index (χ0n) is 22.5. The third-order valence-corrected chi connectivity index (χ3v) is 8.29. The molecular formula is C28H40N6O3. The first-order valence-electron chi connectivity index (χ1n) is 14.0. The lowest BCUT2D eigenvalue weighted by molar-refractivity contribution is -0.119. The number of likely N-dealkylation sites (tertiary alicyclic amines) is 1. The van der Waals surface area contributed by atoms with Gasteiger partial charge in [0, 0.05) is 43.9 Å². The quantitative estimate of drug-likeness (QED) is 0.614. The average molecular weight is 509 g/mol. The maximum absolute atomic E-state index is 13.4. The second-order valence-corrected chi connectivity index (χ2v) is 11.0. The third kappa shape index (κ3) is 5.96. The summed E-state index contributed by atoms with van der Waals surface area (Å²) in [5.41, 5.74) is 4.01. The van der Waals surface area contributed by atoms with E-state index in [1.807, 2.05) is 18.7 Å². The van der Waals surface area contributed by atoms with Crippen molar-refractivity contribution in [1.82, 2.24) is 30.0 Å². The van der Waals surface area contributed by atoms with Gasteiger partial charge in [-0.1, -0.05) is 0 Å². The van der Waals surface area contributed by atoms with E-state index >= 15 is 0 Å². The van der Waals surface area contributed by atoms with Crippen LogP contribution in [0.1, 0.15) is 91.6 Å². The normalized spacial score (nSPS) is 22.1. The van der Waals surface area contributed by atoms with E-state index in [0.717, 1.165) is 88.0 Å². The molecule has 3 heterocycles. The van der Waals surface area contributed by atoms with E-state index in [2.05, 4.69) is 20.0 Å². The summed E-state index contributed by atoms with van der Waals surface area (Å²) in [5.74, 6) is 2.29. The highest BCUT2D eigenvalue weighted by Crippen LogP contribution is 2.32. The zero-order valence-corrected chi connectivity index (χ0v) is 22.5. The summed E-state index contributed by atoms with van der Waals surface area (Å²) in [7, 11) is 0. The number of aromatic nitrogens is 4. The first kappa shape index (κ1) is 25.7. The lowest BCUT2D eigenvalue weighted by Crippen LogP contribution is -2.46. The molecule has 1 N–H and O–H groups in total. The van der Waals surface area contributed by atoms with Crippen molar-refractivity contribution in [3.05, 3.63) is 34.7 Å². The van der Waals surface area contributed by atoms with Gasteiger partial charge in [-0.2, -0.15) is 5.10 Å². The van der Waals surface area contributed by atoms with Crippen LogP contribution in [0.25, 0.3) is 0 Å². The van der Waals surface area contributed by atoms with Gasteiger partial charge in [-0.3, -0.25) is 14.3 Å². The molecule has 2 aromatic rings. The Morgan fingerprint density at radius 1 is 1.08 bits per heavy atom. The van der Waals surface area contributed by atoms with Crippen molar-refractivity contribution in [1.29, 1.82) is 0 Å². The number of carbonyl (C=O) groups is 2. The maximum atomic E-state index is 13.4. The molecule has 1 saturated carbocycles. The first-order chi connectivity index (χ1) is 17.9. The number of aryl methyl sites for hydroxylation is 3. The van der Waals surface area contributed by atoms with Crippen molar-refractivity contribution in [2.24, 2.45) is 5.92 Å². The van der Waals surface area contributed by atoms with Crippen molar-refractivity contribution < 1.29 is 14.3 Å². The fourth-order valence-electron chi connectivity index (χ4n) is 6.24. The number of rotatable bonds is 7. The average Bonchev–Trinajstić information content (AvgIpc) is 3.48. The summed E-state index contributed by atoms with van der Waals surface area (Å²) in [6.45, 7) is 7.64. The smallest absolute Gasteiger partial charge is 0.274 e. The minimum absolute atomic E-state index is 0.00156. The van der Waals surface area contributed by atoms with Crippen LogP contribution in [0.5, 0.6) is 5.75 Å². The van der Waals surface area contributed by atoms with Crippen LogP contribution in [0.15, 0.2) is 6.20 Å². The summed E-state index contributed by atoms with van der Waals surface area (Å²) in [6.07, 6.45) is 12.2. The lowest BCUT2D eigenvalue weighted by atomic mass is 9.85. The van der Waals surface area contributed by atoms with E-state index in [9.17, 15) is 9.59 Å². The Morgan fingerprint density at radius 3 is 2.54 bits per heavy atom. The second-order valence-electron chi connectivity index (χ2n) is 11.0. The van der Waals surface area contributed by atoms with E-state index in [-0.39, 0.29) is 24.0 Å². The molecule has 3 aliphatic rings. The highest BCUT2D eigenvalue weighted by Gasteiger charge is 2.32. The molecule has 0 radical (unpaired) electrons. The SMILES string of the molecule is CC(=O)NC1CCN(C(=O)c2nn(CCC3CCC(Oc4cnc(C)nc4C)CC3)c3c2CCC3)CC1. The van der Waals surface area contributed by atoms with E-state index in [1.165, 1.54) is 11.3 Å². The largest absolute Gasteiger partial charge is 0.487 e. The number of ether oxygens (including phenoxy) is 1. The Morgan fingerprint density at radius 2 is 1.84 bits per heavy atom. The van der Waals surface area contributed by atoms with Crippen LogP contribution < -0.4 is 10.1 Å². The van der Waals surface area contributed by atoms with Gasteiger partial charge in [0.05, 0.1) is 18.0 Å². The summed E-state index contributed by atoms with van der Waals surface area (Å²) >= 11 is 0. The number of piperidine rings is 1. The Balaban J connectivity index is 1.14. The predicted octanol–water partition coefficient (Wildman–Crippen LogP) is 3.55. The Bertz CT molecular complexity index is 1130. The molecule has 37 heavy (non-hydrogen) atoms. The Kier molecular flexibility index (Phi) is 7.76. The molecule has 9 nitrogen and oxygen atoms in total. The molecule has 9 heteroatoms. The van der Waals surface area contributed by atoms with E-state index < -0.39 is 0 Å². The Hall–Kier alpha value is -2.97. The van der Waals surface area contributed by atoms with E-state index in [1.54, 1.807) is 13.1 Å². The monoisotopic (exact) mass is 508 g/mol. The highest BCUT2D eigenvalue weighted by molar-refractivity contribution is 5.94. The number of hydrogen-bond donors (Lipinski definition) is 1. The summed E-state index contributed by atoms with van der Waals surface area (Å²) in [6, 6.07) is 0.166. The number of nitrogens with zero attached hydrogens (tertiary/aromatic N) is 5. The van der Waals surface area contributed by atoms with Crippen LogP contribution in [0.3, 0.4) is 0 Å². The fourth-order valence-corrected chi connectivity index (χ4v) is 6.24. The van der Waals surface area contributed by atoms with E-state index in [0.29, 0.717) is 24.7 Å². The molecule has 1 saturated heterocycles. The molecule has 5 rings (SSSR count). The number of amides is 2. The molecule has 0 bridgehead atoms. The van der Waals surface area contributed by atoms with Crippen molar-refractivity contribution in [3.63, 3.8) is 0 Å². The third-order valence-electron chi connectivity index (χ3n) is 8.29. The summed E-state index contributed by atoms with van der Waals surface area (Å²) in [5, 5.41) is 7.85. The molecule has 1 aliphatic heterocycles. The van der Waals surface area contributed by atoms with Gasteiger partial charge in [0.15, 0.2) is 11.4 Å². The van der Waals surface area contributed by atoms with Gasteiger partial charge >= 0.3 is 0 Å². The van der Waals surface area contributed by atoms with Gasteiger partial charge in [-0.05, 0) is 84.0 Å². The number of nitrogens with one attached hydrogen (secondary N) is 1. The molecule has 200 valence electrons. The topological polar surface area (TPSA) is 102 Å². The second kappa shape index (κ2) is 11.2. The highest BCUT2D eigenvalue weighted by atomic mass is 16.5. The Labute approximate surface area is 219 Å². The van der Waals surface area contributed by atoms with Crippen molar-refractivity contribution >= 4 is 11.8 Å². The van der Waals surface area contributed by atoms with Gasteiger partial charge < -0.3 is 15.0 Å². The van der Waals surface area contributed by atoms with Gasteiger partial charge in [-0.25, -0.2) is 9.97 Å². The number of carbonyl (C=O) groups excluding carboxylic acids is 2. The molecular weight excluding hydrogens is 468 g/mol. The molecule has 2 amide bonds. The van der Waals surface area contributed by atoms with Crippen LogP contribution in [0.4, 0.5) is 0 Å². The van der Waals surface area contributed by atoms with E-state index in [4.69, 9.17) is 9.84 Å². The fraction of sp³-hybridized carbons (Fsp3) is 0.679. The van der Waals surface area contributed by atoms with Gasteiger partial charge in [0.1, 0.15) is 5.82 Å². The molecule has 0 aromatic carbocycles. The van der Waals surface area contributed by atoms with Crippen LogP contribution in [-0.4, -0.2) is 61.7 Å². The van der Waals surface area contributed by atoms with Crippen LogP contribution in [0.2, 0.25) is 0 Å². The molecule has 0 atom stereocenters. The lowest BCUT2D eigenvalue weighted by Gasteiger charge is -2.32. The minimum atomic E-state index is -0.00156.